The molecule has 0 saturated carbocycles. The van der Waals surface area contributed by atoms with Crippen LogP contribution in [0.1, 0.15) is 26.8 Å². The number of benzene rings is 2. The highest BCUT2D eigenvalue weighted by Gasteiger charge is 2.30. The second kappa shape index (κ2) is 11.6. The number of aryl methyl sites for hydroxylation is 1. The molecule has 2 amide bonds. The van der Waals surface area contributed by atoms with Gasteiger partial charge in [0.15, 0.2) is 11.0 Å². The fourth-order valence-corrected chi connectivity index (χ4v) is 4.58. The number of hydrogen-bond acceptors (Lipinski definition) is 9. The zero-order valence-corrected chi connectivity index (χ0v) is 21.6. The summed E-state index contributed by atoms with van der Waals surface area (Å²) in [6.45, 7) is 1.68. The Hall–Kier alpha value is -3.98. The van der Waals surface area contributed by atoms with Crippen molar-refractivity contribution in [1.82, 2.24) is 30.3 Å². The number of nitrogens with one attached hydrogen (secondary N) is 2. The third kappa shape index (κ3) is 6.66. The van der Waals surface area contributed by atoms with E-state index in [0.29, 0.717) is 27.1 Å². The van der Waals surface area contributed by atoms with E-state index in [1.165, 1.54) is 35.1 Å². The minimum Gasteiger partial charge on any atom is -0.497 e. The molecule has 198 valence electrons. The van der Waals surface area contributed by atoms with Crippen molar-refractivity contribution in [2.75, 3.05) is 18.2 Å². The van der Waals surface area contributed by atoms with Crippen LogP contribution in [0, 0.1) is 6.92 Å². The molecule has 0 bridgehead atoms. The molecule has 0 spiro atoms. The van der Waals surface area contributed by atoms with Gasteiger partial charge in [-0.05, 0) is 55.5 Å². The van der Waals surface area contributed by atoms with E-state index in [1.807, 2.05) is 0 Å². The van der Waals surface area contributed by atoms with E-state index in [4.69, 9.17) is 4.74 Å². The molecular formula is C23H20F3N7O3S2. The Morgan fingerprint density at radius 1 is 1.03 bits per heavy atom. The van der Waals surface area contributed by atoms with Crippen LogP contribution in [0.2, 0.25) is 0 Å². The average molecular weight is 564 g/mol. The van der Waals surface area contributed by atoms with E-state index >= 15 is 0 Å². The zero-order chi connectivity index (χ0) is 27.3. The van der Waals surface area contributed by atoms with Gasteiger partial charge in [-0.1, -0.05) is 23.1 Å². The maximum Gasteiger partial charge on any atom is 0.416 e. The average Bonchev–Trinajstić information content (AvgIpc) is 3.50. The molecule has 0 fully saturated rings. The lowest BCUT2D eigenvalue weighted by molar-refractivity contribution is -0.137. The van der Waals surface area contributed by atoms with Gasteiger partial charge in [0.25, 0.3) is 5.91 Å². The van der Waals surface area contributed by atoms with Gasteiger partial charge in [0.2, 0.25) is 11.0 Å². The topological polar surface area (TPSA) is 124 Å². The monoisotopic (exact) mass is 563 g/mol. The number of carbonyl (C=O) groups is 2. The van der Waals surface area contributed by atoms with Crippen LogP contribution < -0.4 is 15.4 Å². The Balaban J connectivity index is 1.53. The highest BCUT2D eigenvalue weighted by molar-refractivity contribution is 7.99. The molecule has 2 heterocycles. The molecule has 2 aromatic heterocycles. The number of alkyl halides is 3. The Kier molecular flexibility index (Phi) is 8.26. The number of hydrogen-bond donors (Lipinski definition) is 2. The molecule has 0 saturated heterocycles. The summed E-state index contributed by atoms with van der Waals surface area (Å²) in [6.07, 6.45) is -4.50. The number of rotatable bonds is 9. The molecular weight excluding hydrogens is 543 g/mol. The highest BCUT2D eigenvalue weighted by Crippen LogP contribution is 2.31. The summed E-state index contributed by atoms with van der Waals surface area (Å²) in [5.74, 6) is 0.0122. The summed E-state index contributed by atoms with van der Waals surface area (Å²) in [4.78, 5) is 25.0. The largest absolute Gasteiger partial charge is 0.497 e. The van der Waals surface area contributed by atoms with E-state index in [9.17, 15) is 22.8 Å². The van der Waals surface area contributed by atoms with Gasteiger partial charge in [-0.2, -0.15) is 13.2 Å². The minimum absolute atomic E-state index is 0.0737. The number of anilines is 1. The van der Waals surface area contributed by atoms with Gasteiger partial charge in [-0.25, -0.2) is 0 Å². The molecule has 0 aliphatic heterocycles. The molecule has 10 nitrogen and oxygen atoms in total. The number of nitrogens with zero attached hydrogens (tertiary/aromatic N) is 5. The molecule has 0 aliphatic rings. The summed E-state index contributed by atoms with van der Waals surface area (Å²) in [7, 11) is 1.51. The van der Waals surface area contributed by atoms with E-state index in [0.717, 1.165) is 23.9 Å². The first-order valence-corrected chi connectivity index (χ1v) is 12.7. The van der Waals surface area contributed by atoms with Crippen LogP contribution in [0.15, 0.2) is 53.7 Å². The fourth-order valence-electron chi connectivity index (χ4n) is 3.20. The molecule has 0 atom stereocenters. The summed E-state index contributed by atoms with van der Waals surface area (Å²) < 4.78 is 45.8. The van der Waals surface area contributed by atoms with Gasteiger partial charge in [-0.3, -0.25) is 19.5 Å². The zero-order valence-electron chi connectivity index (χ0n) is 19.9. The van der Waals surface area contributed by atoms with Crippen molar-refractivity contribution >= 4 is 40.0 Å². The van der Waals surface area contributed by atoms with Gasteiger partial charge < -0.3 is 10.1 Å². The van der Waals surface area contributed by atoms with Gasteiger partial charge in [0, 0.05) is 11.3 Å². The van der Waals surface area contributed by atoms with Crippen molar-refractivity contribution in [2.24, 2.45) is 0 Å². The maximum absolute atomic E-state index is 13.1. The third-order valence-electron chi connectivity index (χ3n) is 5.02. The number of amides is 2. The second-order valence-corrected chi connectivity index (χ2v) is 9.78. The molecule has 0 radical (unpaired) electrons. The first kappa shape index (κ1) is 27.1. The quantitative estimate of drug-likeness (QED) is 0.292. The second-order valence-electron chi connectivity index (χ2n) is 7.65. The number of halogens is 3. The van der Waals surface area contributed by atoms with Crippen LogP contribution in [0.25, 0.3) is 5.69 Å². The molecule has 4 rings (SSSR count). The van der Waals surface area contributed by atoms with Crippen molar-refractivity contribution in [1.29, 1.82) is 0 Å². The molecule has 0 unspecified atom stereocenters. The van der Waals surface area contributed by atoms with E-state index in [2.05, 4.69) is 31.0 Å². The Labute approximate surface area is 222 Å². The van der Waals surface area contributed by atoms with Gasteiger partial charge in [0.05, 0.1) is 25.0 Å². The molecule has 38 heavy (non-hydrogen) atoms. The number of methoxy groups -OCH3 is 1. The lowest BCUT2D eigenvalue weighted by Crippen LogP contribution is -2.24. The molecule has 4 aromatic rings. The lowest BCUT2D eigenvalue weighted by atomic mass is 10.2. The Morgan fingerprint density at radius 3 is 2.34 bits per heavy atom. The highest BCUT2D eigenvalue weighted by atomic mass is 32.2. The predicted molar refractivity (Wildman–Crippen MR) is 135 cm³/mol. The third-order valence-corrected chi connectivity index (χ3v) is 6.70. The van der Waals surface area contributed by atoms with E-state index in [1.54, 1.807) is 31.2 Å². The predicted octanol–water partition coefficient (Wildman–Crippen LogP) is 4.12. The van der Waals surface area contributed by atoms with Crippen LogP contribution in [0.3, 0.4) is 0 Å². The standard InChI is InChI=1S/C23H20F3N7O3S2/c1-13-29-31-21(38-13)28-19(34)12-37-22-32-30-18(11-27-20(35)14-3-9-17(36-2)10-4-14)33(22)16-7-5-15(6-8-16)23(24,25)26/h3-10H,11-12H2,1-2H3,(H,27,35)(H,28,31,34). The van der Waals surface area contributed by atoms with Crippen molar-refractivity contribution in [2.45, 2.75) is 24.8 Å². The Morgan fingerprint density at radius 2 is 1.74 bits per heavy atom. The number of carbonyl (C=O) groups excluding carboxylic acids is 2. The van der Waals surface area contributed by atoms with Crippen molar-refractivity contribution in [3.05, 3.63) is 70.5 Å². The van der Waals surface area contributed by atoms with Crippen LogP contribution in [-0.2, 0) is 17.5 Å². The summed E-state index contributed by atoms with van der Waals surface area (Å²) in [5, 5.41) is 22.5. The van der Waals surface area contributed by atoms with Crippen molar-refractivity contribution in [3.8, 4) is 11.4 Å². The summed E-state index contributed by atoms with van der Waals surface area (Å²) in [6, 6.07) is 10.9. The van der Waals surface area contributed by atoms with Crippen LogP contribution >= 0.6 is 23.1 Å². The van der Waals surface area contributed by atoms with Crippen LogP contribution in [0.4, 0.5) is 18.3 Å². The van der Waals surface area contributed by atoms with Gasteiger partial charge in [-0.15, -0.1) is 20.4 Å². The van der Waals surface area contributed by atoms with Gasteiger partial charge in [0.1, 0.15) is 10.8 Å². The molecule has 15 heteroatoms. The summed E-state index contributed by atoms with van der Waals surface area (Å²) in [5.41, 5.74) is -0.103. The first-order chi connectivity index (χ1) is 18.1. The summed E-state index contributed by atoms with van der Waals surface area (Å²) >= 11 is 2.25. The smallest absolute Gasteiger partial charge is 0.416 e. The lowest BCUT2D eigenvalue weighted by Gasteiger charge is -2.13. The number of aromatic nitrogens is 5. The molecule has 2 N–H and O–H groups in total. The molecule has 0 aliphatic carbocycles. The Bertz CT molecular complexity index is 1420. The maximum atomic E-state index is 13.1. The fraction of sp³-hybridized carbons (Fsp3) is 0.217. The first-order valence-electron chi connectivity index (χ1n) is 10.9. The van der Waals surface area contributed by atoms with Crippen LogP contribution in [-0.4, -0.2) is 49.6 Å². The van der Waals surface area contributed by atoms with E-state index < -0.39 is 17.6 Å². The SMILES string of the molecule is COc1ccc(C(=O)NCc2nnc(SCC(=O)Nc3nnc(C)s3)n2-c2ccc(C(F)(F)F)cc2)cc1. The normalized spacial score (nSPS) is 11.3. The van der Waals surface area contributed by atoms with Gasteiger partial charge >= 0.3 is 6.18 Å². The van der Waals surface area contributed by atoms with Crippen LogP contribution in [0.5, 0.6) is 5.75 Å². The minimum atomic E-state index is -4.50. The molecule has 2 aromatic carbocycles. The van der Waals surface area contributed by atoms with E-state index in [-0.39, 0.29) is 29.2 Å². The number of ether oxygens (including phenoxy) is 1. The van der Waals surface area contributed by atoms with Crippen molar-refractivity contribution < 1.29 is 27.5 Å². The number of thioether (sulfide) groups is 1. The van der Waals surface area contributed by atoms with Crippen molar-refractivity contribution in [3.63, 3.8) is 0 Å².